The minimum atomic E-state index is 0.198. The van der Waals surface area contributed by atoms with Crippen molar-refractivity contribution in [2.24, 2.45) is 0 Å². The Kier molecular flexibility index (Phi) is 3.96. The lowest BCUT2D eigenvalue weighted by Gasteiger charge is -2.13. The van der Waals surface area contributed by atoms with Crippen molar-refractivity contribution < 1.29 is 9.84 Å². The third-order valence-electron chi connectivity index (χ3n) is 2.32. The van der Waals surface area contributed by atoms with E-state index in [1.807, 2.05) is 12.1 Å². The Morgan fingerprint density at radius 2 is 2.07 bits per heavy atom. The molecule has 1 rings (SSSR count). The van der Waals surface area contributed by atoms with Crippen LogP contribution < -0.4 is 4.74 Å². The lowest BCUT2D eigenvalue weighted by atomic mass is 9.98. The first-order chi connectivity index (χ1) is 6.69. The van der Waals surface area contributed by atoms with E-state index in [9.17, 15) is 0 Å². The lowest BCUT2D eigenvalue weighted by molar-refractivity contribution is 0.299. The lowest BCUT2D eigenvalue weighted by Crippen LogP contribution is -1.97. The van der Waals surface area contributed by atoms with Crippen LogP contribution in [0.25, 0.3) is 0 Å². The van der Waals surface area contributed by atoms with Crippen molar-refractivity contribution in [1.82, 2.24) is 0 Å². The highest BCUT2D eigenvalue weighted by Crippen LogP contribution is 2.27. The number of hydrogen-bond donors (Lipinski definition) is 1. The predicted octanol–water partition coefficient (Wildman–Crippen LogP) is 2.35. The van der Waals surface area contributed by atoms with E-state index in [1.165, 1.54) is 5.56 Å². The zero-order valence-electron chi connectivity index (χ0n) is 9.08. The van der Waals surface area contributed by atoms with Crippen LogP contribution in [-0.2, 0) is 6.42 Å². The molecule has 0 bridgehead atoms. The highest BCUT2D eigenvalue weighted by molar-refractivity contribution is 5.39. The van der Waals surface area contributed by atoms with Gasteiger partial charge in [-0.2, -0.15) is 0 Å². The summed E-state index contributed by atoms with van der Waals surface area (Å²) in [7, 11) is 1.69. The Morgan fingerprint density at radius 3 is 2.57 bits per heavy atom. The van der Waals surface area contributed by atoms with E-state index in [0.717, 1.165) is 11.3 Å². The summed E-state index contributed by atoms with van der Waals surface area (Å²) in [4.78, 5) is 0. The molecule has 0 aliphatic carbocycles. The third-order valence-corrected chi connectivity index (χ3v) is 2.32. The van der Waals surface area contributed by atoms with E-state index < -0.39 is 0 Å². The molecule has 2 heteroatoms. The second-order valence-electron chi connectivity index (χ2n) is 3.70. The molecule has 1 N–H and O–H groups in total. The molecule has 0 fully saturated rings. The normalized spacial score (nSPS) is 10.6. The van der Waals surface area contributed by atoms with Gasteiger partial charge < -0.3 is 9.84 Å². The number of hydrogen-bond acceptors (Lipinski definition) is 2. The summed E-state index contributed by atoms with van der Waals surface area (Å²) in [6.45, 7) is 4.48. The fraction of sp³-hybridized carbons (Fsp3) is 0.500. The fourth-order valence-electron chi connectivity index (χ4n) is 1.52. The van der Waals surface area contributed by atoms with Crippen LogP contribution in [0, 0.1) is 0 Å². The van der Waals surface area contributed by atoms with Gasteiger partial charge in [-0.25, -0.2) is 0 Å². The van der Waals surface area contributed by atoms with E-state index in [0.29, 0.717) is 12.3 Å². The average molecular weight is 194 g/mol. The first-order valence-electron chi connectivity index (χ1n) is 4.96. The molecule has 0 spiro atoms. The summed E-state index contributed by atoms with van der Waals surface area (Å²) in [6.07, 6.45) is 0.712. The molecule has 0 amide bonds. The summed E-state index contributed by atoms with van der Waals surface area (Å²) in [5, 5.41) is 8.84. The largest absolute Gasteiger partial charge is 0.496 e. The van der Waals surface area contributed by atoms with Gasteiger partial charge in [0.2, 0.25) is 0 Å². The van der Waals surface area contributed by atoms with Crippen molar-refractivity contribution in [3.8, 4) is 5.75 Å². The van der Waals surface area contributed by atoms with Crippen LogP contribution in [0.5, 0.6) is 5.75 Å². The number of rotatable bonds is 4. The van der Waals surface area contributed by atoms with Gasteiger partial charge in [0, 0.05) is 6.61 Å². The molecule has 78 valence electrons. The molecule has 0 aromatic heterocycles. The molecule has 2 nitrogen and oxygen atoms in total. The summed E-state index contributed by atoms with van der Waals surface area (Å²) >= 11 is 0. The number of methoxy groups -OCH3 is 1. The van der Waals surface area contributed by atoms with Gasteiger partial charge in [0.1, 0.15) is 5.75 Å². The van der Waals surface area contributed by atoms with E-state index >= 15 is 0 Å². The topological polar surface area (TPSA) is 29.5 Å². The maximum absolute atomic E-state index is 8.84. The molecular formula is C12H18O2. The van der Waals surface area contributed by atoms with Crippen LogP contribution in [0.2, 0.25) is 0 Å². The smallest absolute Gasteiger partial charge is 0.122 e. The molecule has 0 saturated heterocycles. The van der Waals surface area contributed by atoms with E-state index in [-0.39, 0.29) is 6.61 Å². The Bertz CT molecular complexity index is 292. The van der Waals surface area contributed by atoms with Crippen LogP contribution in [0.15, 0.2) is 18.2 Å². The van der Waals surface area contributed by atoms with Gasteiger partial charge in [0.15, 0.2) is 0 Å². The van der Waals surface area contributed by atoms with Gasteiger partial charge in [-0.15, -0.1) is 0 Å². The number of benzene rings is 1. The van der Waals surface area contributed by atoms with Gasteiger partial charge in [-0.05, 0) is 29.5 Å². The van der Waals surface area contributed by atoms with E-state index in [2.05, 4.69) is 19.9 Å². The molecule has 14 heavy (non-hydrogen) atoms. The molecular weight excluding hydrogens is 176 g/mol. The standard InChI is InChI=1S/C12H18O2/c1-9(2)11-8-10(6-7-13)4-5-12(11)14-3/h4-5,8-9,13H,6-7H2,1-3H3. The predicted molar refractivity (Wildman–Crippen MR) is 57.9 cm³/mol. The van der Waals surface area contributed by atoms with Gasteiger partial charge >= 0.3 is 0 Å². The minimum Gasteiger partial charge on any atom is -0.496 e. The van der Waals surface area contributed by atoms with E-state index in [4.69, 9.17) is 9.84 Å². The summed E-state index contributed by atoms with van der Waals surface area (Å²) in [5.74, 6) is 1.38. The maximum Gasteiger partial charge on any atom is 0.122 e. The zero-order valence-corrected chi connectivity index (χ0v) is 9.08. The number of aliphatic hydroxyl groups is 1. The van der Waals surface area contributed by atoms with Crippen LogP contribution in [0.1, 0.15) is 30.9 Å². The van der Waals surface area contributed by atoms with Gasteiger partial charge in [0.05, 0.1) is 7.11 Å². The maximum atomic E-state index is 8.84. The van der Waals surface area contributed by atoms with Crippen LogP contribution >= 0.6 is 0 Å². The molecule has 1 aromatic carbocycles. The Morgan fingerprint density at radius 1 is 1.36 bits per heavy atom. The van der Waals surface area contributed by atoms with Gasteiger partial charge in [-0.3, -0.25) is 0 Å². The first kappa shape index (κ1) is 11.1. The van der Waals surface area contributed by atoms with Crippen molar-refractivity contribution in [3.05, 3.63) is 29.3 Å². The van der Waals surface area contributed by atoms with Crippen LogP contribution in [0.3, 0.4) is 0 Å². The molecule has 0 aliphatic heterocycles. The van der Waals surface area contributed by atoms with Crippen LogP contribution in [-0.4, -0.2) is 18.8 Å². The second-order valence-corrected chi connectivity index (χ2v) is 3.70. The van der Waals surface area contributed by atoms with Gasteiger partial charge in [0.25, 0.3) is 0 Å². The minimum absolute atomic E-state index is 0.198. The molecule has 0 heterocycles. The molecule has 0 radical (unpaired) electrons. The van der Waals surface area contributed by atoms with Crippen LogP contribution in [0.4, 0.5) is 0 Å². The number of ether oxygens (including phenoxy) is 1. The summed E-state index contributed by atoms with van der Waals surface area (Å²) in [6, 6.07) is 6.08. The van der Waals surface area contributed by atoms with E-state index in [1.54, 1.807) is 7.11 Å². The Balaban J connectivity index is 3.01. The average Bonchev–Trinajstić information content (AvgIpc) is 2.18. The van der Waals surface area contributed by atoms with Crippen molar-refractivity contribution in [1.29, 1.82) is 0 Å². The van der Waals surface area contributed by atoms with Crippen molar-refractivity contribution in [2.75, 3.05) is 13.7 Å². The SMILES string of the molecule is COc1ccc(CCO)cc1C(C)C. The first-order valence-corrected chi connectivity index (χ1v) is 4.96. The fourth-order valence-corrected chi connectivity index (χ4v) is 1.52. The van der Waals surface area contributed by atoms with Gasteiger partial charge in [-0.1, -0.05) is 26.0 Å². The monoisotopic (exact) mass is 194 g/mol. The van der Waals surface area contributed by atoms with Crippen molar-refractivity contribution >= 4 is 0 Å². The summed E-state index contributed by atoms with van der Waals surface area (Å²) < 4.78 is 5.28. The Labute approximate surface area is 85.5 Å². The third kappa shape index (κ3) is 2.48. The number of aliphatic hydroxyl groups excluding tert-OH is 1. The highest BCUT2D eigenvalue weighted by Gasteiger charge is 2.07. The molecule has 0 saturated carbocycles. The van der Waals surface area contributed by atoms with Crippen molar-refractivity contribution in [2.45, 2.75) is 26.2 Å². The summed E-state index contributed by atoms with van der Waals surface area (Å²) in [5.41, 5.74) is 2.37. The quantitative estimate of drug-likeness (QED) is 0.797. The van der Waals surface area contributed by atoms with Crippen molar-refractivity contribution in [3.63, 3.8) is 0 Å². The zero-order chi connectivity index (χ0) is 10.6. The Hall–Kier alpha value is -1.02. The molecule has 1 aromatic rings. The molecule has 0 atom stereocenters. The second kappa shape index (κ2) is 5.01. The highest BCUT2D eigenvalue weighted by atomic mass is 16.5. The molecule has 0 aliphatic rings. The molecule has 0 unspecified atom stereocenters.